The van der Waals surface area contributed by atoms with Crippen LogP contribution in [0.1, 0.15) is 28.8 Å². The highest BCUT2D eigenvalue weighted by Gasteiger charge is 2.27. The number of rotatable bonds is 6. The van der Waals surface area contributed by atoms with E-state index in [0.717, 1.165) is 17.0 Å². The van der Waals surface area contributed by atoms with Crippen LogP contribution in [0.5, 0.6) is 5.75 Å². The molecular weight excluding hydrogens is 424 g/mol. The normalized spacial score (nSPS) is 14.1. The summed E-state index contributed by atoms with van der Waals surface area (Å²) in [5.74, 6) is 0.604. The Morgan fingerprint density at radius 1 is 0.906 bits per heavy atom. The Bertz CT molecular complexity index is 1040. The van der Waals surface area contributed by atoms with Gasteiger partial charge < -0.3 is 15.0 Å². The molecule has 4 rings (SSSR count). The summed E-state index contributed by atoms with van der Waals surface area (Å²) in [5, 5.41) is 3.59. The van der Waals surface area contributed by atoms with Crippen molar-refractivity contribution in [3.8, 4) is 5.75 Å². The number of carbonyl (C=O) groups is 2. The Balaban J connectivity index is 1.24. The zero-order valence-corrected chi connectivity index (χ0v) is 18.4. The molecule has 0 bridgehead atoms. The Labute approximate surface area is 193 Å². The Morgan fingerprint density at radius 2 is 1.56 bits per heavy atom. The standard InChI is InChI=1S/C26H25ClN2O3/c27-22-8-6-21(7-9-22)26(31)29-16-14-20(15-17-29)25(30)28-23-10-12-24(13-11-23)32-18-19-4-2-1-3-5-19/h1-13,20H,14-18H2,(H,28,30). The van der Waals surface area contributed by atoms with Gasteiger partial charge in [0.2, 0.25) is 5.91 Å². The van der Waals surface area contributed by atoms with E-state index >= 15 is 0 Å². The molecule has 0 aromatic heterocycles. The van der Waals surface area contributed by atoms with Crippen LogP contribution in [0.15, 0.2) is 78.9 Å². The molecule has 0 unspecified atom stereocenters. The summed E-state index contributed by atoms with van der Waals surface area (Å²) in [6.07, 6.45) is 1.28. The predicted octanol–water partition coefficient (Wildman–Crippen LogP) is 5.41. The van der Waals surface area contributed by atoms with Crippen molar-refractivity contribution in [3.05, 3.63) is 95.0 Å². The van der Waals surface area contributed by atoms with E-state index in [-0.39, 0.29) is 17.7 Å². The van der Waals surface area contributed by atoms with E-state index in [9.17, 15) is 9.59 Å². The lowest BCUT2D eigenvalue weighted by Gasteiger charge is -2.31. The monoisotopic (exact) mass is 448 g/mol. The lowest BCUT2D eigenvalue weighted by atomic mass is 9.95. The molecule has 3 aromatic rings. The second kappa shape index (κ2) is 10.3. The maximum atomic E-state index is 12.7. The first kappa shape index (κ1) is 21.9. The molecule has 1 heterocycles. The minimum atomic E-state index is -0.113. The van der Waals surface area contributed by atoms with Gasteiger partial charge in [-0.3, -0.25) is 9.59 Å². The van der Waals surface area contributed by atoms with Crippen molar-refractivity contribution in [1.82, 2.24) is 4.90 Å². The SMILES string of the molecule is O=C(Nc1ccc(OCc2ccccc2)cc1)C1CCN(C(=O)c2ccc(Cl)cc2)CC1. The fourth-order valence-electron chi connectivity index (χ4n) is 3.74. The van der Waals surface area contributed by atoms with E-state index < -0.39 is 0 Å². The molecule has 0 aliphatic carbocycles. The fourth-order valence-corrected chi connectivity index (χ4v) is 3.87. The van der Waals surface area contributed by atoms with Crippen LogP contribution in [0.4, 0.5) is 5.69 Å². The molecule has 0 saturated carbocycles. The first-order valence-corrected chi connectivity index (χ1v) is 11.1. The predicted molar refractivity (Wildman–Crippen MR) is 126 cm³/mol. The van der Waals surface area contributed by atoms with Crippen molar-refractivity contribution in [3.63, 3.8) is 0 Å². The van der Waals surface area contributed by atoms with Crippen LogP contribution in [-0.2, 0) is 11.4 Å². The molecule has 0 radical (unpaired) electrons. The largest absolute Gasteiger partial charge is 0.489 e. The van der Waals surface area contributed by atoms with Gasteiger partial charge in [0.25, 0.3) is 5.91 Å². The van der Waals surface area contributed by atoms with E-state index in [1.165, 1.54) is 0 Å². The molecule has 1 fully saturated rings. The van der Waals surface area contributed by atoms with Crippen molar-refractivity contribution in [2.24, 2.45) is 5.92 Å². The maximum absolute atomic E-state index is 12.7. The topological polar surface area (TPSA) is 58.6 Å². The number of hydrogen-bond acceptors (Lipinski definition) is 3. The zero-order valence-electron chi connectivity index (χ0n) is 17.7. The van der Waals surface area contributed by atoms with E-state index in [2.05, 4.69) is 5.32 Å². The van der Waals surface area contributed by atoms with Gasteiger partial charge in [0.1, 0.15) is 12.4 Å². The zero-order chi connectivity index (χ0) is 22.3. The molecule has 32 heavy (non-hydrogen) atoms. The summed E-state index contributed by atoms with van der Waals surface area (Å²) in [7, 11) is 0. The number of ether oxygens (including phenoxy) is 1. The third-order valence-corrected chi connectivity index (χ3v) is 5.87. The van der Waals surface area contributed by atoms with Crippen molar-refractivity contribution >= 4 is 29.1 Å². The highest BCUT2D eigenvalue weighted by atomic mass is 35.5. The van der Waals surface area contributed by atoms with Gasteiger partial charge in [0.15, 0.2) is 0 Å². The average Bonchev–Trinajstić information content (AvgIpc) is 2.84. The van der Waals surface area contributed by atoms with E-state index in [0.29, 0.717) is 43.1 Å². The summed E-state index contributed by atoms with van der Waals surface area (Å²) in [5.41, 5.74) is 2.46. The summed E-state index contributed by atoms with van der Waals surface area (Å²) in [6, 6.07) is 24.3. The highest BCUT2D eigenvalue weighted by molar-refractivity contribution is 6.30. The third-order valence-electron chi connectivity index (χ3n) is 5.61. The second-order valence-corrected chi connectivity index (χ2v) is 8.30. The highest BCUT2D eigenvalue weighted by Crippen LogP contribution is 2.23. The molecule has 164 valence electrons. The van der Waals surface area contributed by atoms with Crippen LogP contribution < -0.4 is 10.1 Å². The molecule has 3 aromatic carbocycles. The lowest BCUT2D eigenvalue weighted by Crippen LogP contribution is -2.41. The minimum absolute atomic E-state index is 0.0125. The minimum Gasteiger partial charge on any atom is -0.489 e. The van der Waals surface area contributed by atoms with Crippen LogP contribution in [0.2, 0.25) is 5.02 Å². The molecule has 1 aliphatic heterocycles. The number of benzene rings is 3. The maximum Gasteiger partial charge on any atom is 0.253 e. The fraction of sp³-hybridized carbons (Fsp3) is 0.231. The Morgan fingerprint density at radius 3 is 2.22 bits per heavy atom. The molecule has 5 nitrogen and oxygen atoms in total. The summed E-state index contributed by atoms with van der Waals surface area (Å²) in [4.78, 5) is 27.1. The van der Waals surface area contributed by atoms with Crippen LogP contribution in [0.3, 0.4) is 0 Å². The summed E-state index contributed by atoms with van der Waals surface area (Å²) < 4.78 is 5.79. The van der Waals surface area contributed by atoms with Crippen molar-refractivity contribution in [2.45, 2.75) is 19.4 Å². The van der Waals surface area contributed by atoms with Gasteiger partial charge in [-0.05, 0) is 66.9 Å². The Hall–Kier alpha value is -3.31. The molecule has 0 atom stereocenters. The van der Waals surface area contributed by atoms with Gasteiger partial charge in [-0.25, -0.2) is 0 Å². The van der Waals surface area contributed by atoms with Gasteiger partial charge >= 0.3 is 0 Å². The number of amides is 2. The smallest absolute Gasteiger partial charge is 0.253 e. The molecule has 1 N–H and O–H groups in total. The Kier molecular flexibility index (Phi) is 7.07. The lowest BCUT2D eigenvalue weighted by molar-refractivity contribution is -0.121. The summed E-state index contributed by atoms with van der Waals surface area (Å²) >= 11 is 5.90. The first-order valence-electron chi connectivity index (χ1n) is 10.7. The van der Waals surface area contributed by atoms with Crippen LogP contribution in [-0.4, -0.2) is 29.8 Å². The van der Waals surface area contributed by atoms with Crippen molar-refractivity contribution < 1.29 is 14.3 Å². The van der Waals surface area contributed by atoms with E-state index in [1.807, 2.05) is 54.6 Å². The third kappa shape index (κ3) is 5.68. The van der Waals surface area contributed by atoms with Gasteiger partial charge in [-0.2, -0.15) is 0 Å². The van der Waals surface area contributed by atoms with Crippen molar-refractivity contribution in [2.75, 3.05) is 18.4 Å². The molecule has 0 spiro atoms. The average molecular weight is 449 g/mol. The number of likely N-dealkylation sites (tertiary alicyclic amines) is 1. The van der Waals surface area contributed by atoms with Crippen LogP contribution in [0.25, 0.3) is 0 Å². The molecule has 6 heteroatoms. The van der Waals surface area contributed by atoms with E-state index in [4.69, 9.17) is 16.3 Å². The van der Waals surface area contributed by atoms with Gasteiger partial charge in [0.05, 0.1) is 0 Å². The number of anilines is 1. The van der Waals surface area contributed by atoms with Crippen LogP contribution >= 0.6 is 11.6 Å². The molecule has 1 aliphatic rings. The van der Waals surface area contributed by atoms with Crippen LogP contribution in [0, 0.1) is 5.92 Å². The molecular formula is C26H25ClN2O3. The van der Waals surface area contributed by atoms with Gasteiger partial charge in [0, 0.05) is 35.3 Å². The molecule has 2 amide bonds. The van der Waals surface area contributed by atoms with Gasteiger partial charge in [-0.15, -0.1) is 0 Å². The number of nitrogens with zero attached hydrogens (tertiary/aromatic N) is 1. The number of nitrogens with one attached hydrogen (secondary N) is 1. The first-order chi connectivity index (χ1) is 15.6. The quantitative estimate of drug-likeness (QED) is 0.548. The molecule has 1 saturated heterocycles. The van der Waals surface area contributed by atoms with Gasteiger partial charge in [-0.1, -0.05) is 41.9 Å². The summed E-state index contributed by atoms with van der Waals surface area (Å²) in [6.45, 7) is 1.62. The second-order valence-electron chi connectivity index (χ2n) is 7.86. The van der Waals surface area contributed by atoms with Crippen molar-refractivity contribution in [1.29, 1.82) is 0 Å². The number of hydrogen-bond donors (Lipinski definition) is 1. The number of halogens is 1. The number of piperidine rings is 1. The van der Waals surface area contributed by atoms with E-state index in [1.54, 1.807) is 29.2 Å². The number of carbonyl (C=O) groups excluding carboxylic acids is 2.